The summed E-state index contributed by atoms with van der Waals surface area (Å²) in [7, 11) is 0. The summed E-state index contributed by atoms with van der Waals surface area (Å²) < 4.78 is 15.7. The second-order valence-electron chi connectivity index (χ2n) is 4.30. The molecular weight excluding hydrogens is 300 g/mol. The summed E-state index contributed by atoms with van der Waals surface area (Å²) in [6.07, 6.45) is 0. The highest BCUT2D eigenvalue weighted by Crippen LogP contribution is 2.39. The zero-order valence-corrected chi connectivity index (χ0v) is 12.2. The minimum absolute atomic E-state index is 0.145. The Morgan fingerprint density at radius 2 is 2.25 bits per heavy atom. The van der Waals surface area contributed by atoms with E-state index in [-0.39, 0.29) is 19.4 Å². The zero-order valence-electron chi connectivity index (χ0n) is 10.6. The molecule has 1 aromatic carbocycles. The molecule has 0 atom stereocenters. The van der Waals surface area contributed by atoms with Gasteiger partial charge in [-0.3, -0.25) is 0 Å². The van der Waals surface area contributed by atoms with Crippen LogP contribution < -0.4 is 9.47 Å². The highest BCUT2D eigenvalue weighted by Gasteiger charge is 2.19. The fraction of sp³-hybridized carbons (Fsp3) is 0.214. The summed E-state index contributed by atoms with van der Waals surface area (Å²) in [5.74, 6) is 0.781. The lowest BCUT2D eigenvalue weighted by atomic mass is 10.2. The van der Waals surface area contributed by atoms with Gasteiger partial charge in [-0.25, -0.2) is 4.79 Å². The molecule has 0 unspecified atom stereocenters. The van der Waals surface area contributed by atoms with Crippen molar-refractivity contribution in [2.75, 3.05) is 6.79 Å². The number of aryl methyl sites for hydroxylation is 1. The van der Waals surface area contributed by atoms with E-state index < -0.39 is 0 Å². The van der Waals surface area contributed by atoms with Crippen molar-refractivity contribution in [1.29, 1.82) is 0 Å². The van der Waals surface area contributed by atoms with Crippen molar-refractivity contribution < 1.29 is 19.0 Å². The monoisotopic (exact) mass is 310 g/mol. The first-order valence-electron chi connectivity index (χ1n) is 5.95. The molecule has 0 bridgehead atoms. The molecule has 1 aromatic heterocycles. The topological polar surface area (TPSA) is 44.8 Å². The molecule has 0 fully saturated rings. The zero-order chi connectivity index (χ0) is 14.1. The first-order valence-corrected chi connectivity index (χ1v) is 7.14. The molecule has 2 heterocycles. The van der Waals surface area contributed by atoms with E-state index in [0.717, 1.165) is 10.4 Å². The van der Waals surface area contributed by atoms with Gasteiger partial charge in [0, 0.05) is 4.88 Å². The predicted octanol–water partition coefficient (Wildman–Crippen LogP) is 3.80. The number of thiophene rings is 1. The molecule has 3 rings (SSSR count). The van der Waals surface area contributed by atoms with Gasteiger partial charge in [0.2, 0.25) is 6.79 Å². The van der Waals surface area contributed by atoms with Crippen molar-refractivity contribution in [2.45, 2.75) is 13.5 Å². The summed E-state index contributed by atoms with van der Waals surface area (Å²) in [4.78, 5) is 13.5. The largest absolute Gasteiger partial charge is 0.457 e. The van der Waals surface area contributed by atoms with Gasteiger partial charge >= 0.3 is 5.97 Å². The van der Waals surface area contributed by atoms with E-state index in [9.17, 15) is 4.79 Å². The Kier molecular flexibility index (Phi) is 3.54. The molecule has 0 aliphatic carbocycles. The quantitative estimate of drug-likeness (QED) is 0.809. The average molecular weight is 311 g/mol. The third-order valence-corrected chi connectivity index (χ3v) is 4.06. The maximum absolute atomic E-state index is 11.8. The van der Waals surface area contributed by atoms with Crippen molar-refractivity contribution in [1.82, 2.24) is 0 Å². The van der Waals surface area contributed by atoms with Crippen LogP contribution in [0.4, 0.5) is 0 Å². The van der Waals surface area contributed by atoms with Crippen molar-refractivity contribution in [3.8, 4) is 11.5 Å². The van der Waals surface area contributed by atoms with E-state index in [1.165, 1.54) is 11.3 Å². The van der Waals surface area contributed by atoms with E-state index >= 15 is 0 Å². The summed E-state index contributed by atoms with van der Waals surface area (Å²) in [6, 6.07) is 7.12. The van der Waals surface area contributed by atoms with Gasteiger partial charge in [0.25, 0.3) is 0 Å². The van der Waals surface area contributed by atoms with Gasteiger partial charge < -0.3 is 14.2 Å². The third-order valence-electron chi connectivity index (χ3n) is 2.80. The highest BCUT2D eigenvalue weighted by molar-refractivity contribution is 7.13. The number of benzene rings is 1. The number of rotatable bonds is 3. The smallest absolute Gasteiger partial charge is 0.348 e. The fourth-order valence-electron chi connectivity index (χ4n) is 1.87. The van der Waals surface area contributed by atoms with Crippen molar-refractivity contribution >= 4 is 28.9 Å². The number of carbonyl (C=O) groups is 1. The molecule has 0 saturated heterocycles. The highest BCUT2D eigenvalue weighted by atomic mass is 35.5. The first-order chi connectivity index (χ1) is 9.63. The van der Waals surface area contributed by atoms with E-state index in [4.69, 9.17) is 25.8 Å². The third kappa shape index (κ3) is 2.59. The summed E-state index contributed by atoms with van der Waals surface area (Å²) in [6.45, 7) is 2.25. The molecule has 1 aliphatic heterocycles. The van der Waals surface area contributed by atoms with Crippen molar-refractivity contribution in [2.24, 2.45) is 0 Å². The number of ether oxygens (including phenoxy) is 3. The van der Waals surface area contributed by atoms with Crippen LogP contribution in [0.2, 0.25) is 5.02 Å². The van der Waals surface area contributed by atoms with Crippen LogP contribution in [0.5, 0.6) is 11.5 Å². The van der Waals surface area contributed by atoms with Gasteiger partial charge in [0.05, 0.1) is 5.02 Å². The molecule has 1 aliphatic rings. The summed E-state index contributed by atoms with van der Waals surface area (Å²) in [5.41, 5.74) is 0.765. The molecule has 0 radical (unpaired) electrons. The number of carbonyl (C=O) groups excluding carboxylic acids is 1. The van der Waals surface area contributed by atoms with Gasteiger partial charge in [-0.05, 0) is 36.8 Å². The maximum Gasteiger partial charge on any atom is 0.348 e. The van der Waals surface area contributed by atoms with Gasteiger partial charge in [0.15, 0.2) is 11.5 Å². The standard InChI is InChI=1S/C14H11ClO4S/c1-8-2-3-12(20-8)14(16)17-6-9-4-10(15)13-11(5-9)18-7-19-13/h2-5H,6-7H2,1H3. The molecule has 2 aromatic rings. The van der Waals surface area contributed by atoms with Gasteiger partial charge in [-0.1, -0.05) is 11.6 Å². The lowest BCUT2D eigenvalue weighted by Crippen LogP contribution is -2.03. The number of esters is 1. The van der Waals surface area contributed by atoms with Crippen molar-refractivity contribution in [3.63, 3.8) is 0 Å². The molecule has 104 valence electrons. The van der Waals surface area contributed by atoms with Crippen LogP contribution in [0.25, 0.3) is 0 Å². The van der Waals surface area contributed by atoms with Crippen molar-refractivity contribution in [3.05, 3.63) is 44.6 Å². The molecule has 0 spiro atoms. The number of fused-ring (bicyclic) bond motifs is 1. The lowest BCUT2D eigenvalue weighted by molar-refractivity contribution is 0.0478. The Morgan fingerprint density at radius 1 is 1.40 bits per heavy atom. The van der Waals surface area contributed by atoms with Crippen LogP contribution in [-0.4, -0.2) is 12.8 Å². The Balaban J connectivity index is 1.70. The maximum atomic E-state index is 11.8. The van der Waals surface area contributed by atoms with E-state index in [1.807, 2.05) is 13.0 Å². The molecule has 4 nitrogen and oxygen atoms in total. The second-order valence-corrected chi connectivity index (χ2v) is 5.99. The molecule has 0 amide bonds. The van der Waals surface area contributed by atoms with Gasteiger partial charge in [-0.2, -0.15) is 0 Å². The number of hydrogen-bond donors (Lipinski definition) is 0. The molecule has 0 saturated carbocycles. The van der Waals surface area contributed by atoms with Crippen LogP contribution in [0.15, 0.2) is 24.3 Å². The molecule has 20 heavy (non-hydrogen) atoms. The van der Waals surface area contributed by atoms with Crippen LogP contribution in [0, 0.1) is 6.92 Å². The normalized spacial score (nSPS) is 12.5. The fourth-order valence-corrected chi connectivity index (χ4v) is 2.92. The number of halogens is 1. The van der Waals surface area contributed by atoms with Gasteiger partial charge in [-0.15, -0.1) is 11.3 Å². The Bertz CT molecular complexity index is 665. The van der Waals surface area contributed by atoms with Crippen LogP contribution in [0.3, 0.4) is 0 Å². The second kappa shape index (κ2) is 5.34. The Labute approximate surface area is 124 Å². The van der Waals surface area contributed by atoms with Crippen LogP contribution in [-0.2, 0) is 11.3 Å². The first kappa shape index (κ1) is 13.3. The minimum atomic E-state index is -0.336. The van der Waals surface area contributed by atoms with E-state index in [2.05, 4.69) is 0 Å². The Hall–Kier alpha value is -1.72. The van der Waals surface area contributed by atoms with Crippen LogP contribution in [0.1, 0.15) is 20.1 Å². The Morgan fingerprint density at radius 3 is 3.00 bits per heavy atom. The summed E-state index contributed by atoms with van der Waals surface area (Å²) >= 11 is 7.48. The molecule has 6 heteroatoms. The summed E-state index contributed by atoms with van der Waals surface area (Å²) in [5, 5.41) is 0.456. The van der Waals surface area contributed by atoms with E-state index in [1.54, 1.807) is 18.2 Å². The predicted molar refractivity (Wildman–Crippen MR) is 75.8 cm³/mol. The minimum Gasteiger partial charge on any atom is -0.457 e. The lowest BCUT2D eigenvalue weighted by Gasteiger charge is -2.06. The number of hydrogen-bond acceptors (Lipinski definition) is 5. The SMILES string of the molecule is Cc1ccc(C(=O)OCc2cc(Cl)c3c(c2)OCO3)s1. The van der Waals surface area contributed by atoms with Crippen LogP contribution >= 0.6 is 22.9 Å². The average Bonchev–Trinajstić information content (AvgIpc) is 3.04. The van der Waals surface area contributed by atoms with E-state index in [0.29, 0.717) is 21.4 Å². The molecule has 0 N–H and O–H groups in total. The molecular formula is C14H11ClO4S. The van der Waals surface area contributed by atoms with Gasteiger partial charge in [0.1, 0.15) is 11.5 Å².